The number of pyridine rings is 1. The van der Waals surface area contributed by atoms with Crippen LogP contribution in [-0.2, 0) is 4.79 Å². The number of hydrogen-bond donors (Lipinski definition) is 0. The third-order valence-corrected chi connectivity index (χ3v) is 2.90. The second-order valence-corrected chi connectivity index (χ2v) is 4.33. The molecule has 1 unspecified atom stereocenters. The molecule has 0 fully saturated rings. The SMILES string of the molecule is CC(=O)C(c1ccc(F)cc1)c1cncc([N+](=O)[O-])c1. The molecule has 6 heteroatoms. The van der Waals surface area contributed by atoms with Gasteiger partial charge in [0.1, 0.15) is 17.8 Å². The molecule has 0 saturated heterocycles. The van der Waals surface area contributed by atoms with Gasteiger partial charge >= 0.3 is 0 Å². The number of aromatic nitrogens is 1. The summed E-state index contributed by atoms with van der Waals surface area (Å²) in [6.07, 6.45) is 2.52. The number of rotatable bonds is 4. The summed E-state index contributed by atoms with van der Waals surface area (Å²) in [7, 11) is 0. The normalized spacial score (nSPS) is 11.9. The van der Waals surface area contributed by atoms with Crippen molar-refractivity contribution < 1.29 is 14.1 Å². The van der Waals surface area contributed by atoms with E-state index in [2.05, 4.69) is 4.98 Å². The third kappa shape index (κ3) is 2.85. The molecule has 0 aliphatic heterocycles. The zero-order valence-corrected chi connectivity index (χ0v) is 10.6. The standard InChI is InChI=1S/C14H11FN2O3/c1-9(18)14(10-2-4-12(15)5-3-10)11-6-13(17(19)20)8-16-7-11/h2-8,14H,1H3. The zero-order valence-electron chi connectivity index (χ0n) is 10.6. The monoisotopic (exact) mass is 274 g/mol. The van der Waals surface area contributed by atoms with E-state index in [1.807, 2.05) is 0 Å². The highest BCUT2D eigenvalue weighted by molar-refractivity contribution is 5.87. The molecule has 0 aliphatic carbocycles. The van der Waals surface area contributed by atoms with E-state index in [9.17, 15) is 19.3 Å². The van der Waals surface area contributed by atoms with Crippen molar-refractivity contribution >= 4 is 11.5 Å². The molecule has 1 heterocycles. The number of halogens is 1. The molecule has 0 aliphatic rings. The Morgan fingerprint density at radius 2 is 1.90 bits per heavy atom. The Morgan fingerprint density at radius 1 is 1.25 bits per heavy atom. The number of carbonyl (C=O) groups excluding carboxylic acids is 1. The predicted octanol–water partition coefficient (Wildman–Crippen LogP) is 2.85. The average molecular weight is 274 g/mol. The minimum atomic E-state index is -0.692. The molecule has 102 valence electrons. The van der Waals surface area contributed by atoms with Crippen LogP contribution in [0.2, 0.25) is 0 Å². The van der Waals surface area contributed by atoms with Crippen LogP contribution in [0.3, 0.4) is 0 Å². The average Bonchev–Trinajstić information content (AvgIpc) is 2.41. The molecular weight excluding hydrogens is 263 g/mol. The number of hydrogen-bond acceptors (Lipinski definition) is 4. The molecular formula is C14H11FN2O3. The summed E-state index contributed by atoms with van der Waals surface area (Å²) in [5, 5.41) is 10.8. The molecule has 20 heavy (non-hydrogen) atoms. The topological polar surface area (TPSA) is 73.1 Å². The molecule has 1 aromatic heterocycles. The lowest BCUT2D eigenvalue weighted by molar-refractivity contribution is -0.385. The Bertz CT molecular complexity index is 656. The minimum Gasteiger partial charge on any atom is -0.299 e. The van der Waals surface area contributed by atoms with E-state index in [1.54, 1.807) is 0 Å². The highest BCUT2D eigenvalue weighted by Crippen LogP contribution is 2.27. The molecule has 0 amide bonds. The van der Waals surface area contributed by atoms with Crippen molar-refractivity contribution in [3.63, 3.8) is 0 Å². The van der Waals surface area contributed by atoms with Gasteiger partial charge in [0.25, 0.3) is 5.69 Å². The summed E-state index contributed by atoms with van der Waals surface area (Å²) >= 11 is 0. The quantitative estimate of drug-likeness (QED) is 0.634. The Balaban J connectivity index is 2.48. The first kappa shape index (κ1) is 13.8. The van der Waals surface area contributed by atoms with E-state index in [4.69, 9.17) is 0 Å². The van der Waals surface area contributed by atoms with Gasteiger partial charge in [0, 0.05) is 12.3 Å². The largest absolute Gasteiger partial charge is 0.299 e. The maximum Gasteiger partial charge on any atom is 0.287 e. The van der Waals surface area contributed by atoms with Crippen LogP contribution in [0.5, 0.6) is 0 Å². The highest BCUT2D eigenvalue weighted by atomic mass is 19.1. The van der Waals surface area contributed by atoms with E-state index >= 15 is 0 Å². The van der Waals surface area contributed by atoms with Crippen LogP contribution in [0.25, 0.3) is 0 Å². The molecule has 2 rings (SSSR count). The first-order valence-corrected chi connectivity index (χ1v) is 5.84. The van der Waals surface area contributed by atoms with E-state index in [1.165, 1.54) is 43.5 Å². The summed E-state index contributed by atoms with van der Waals surface area (Å²) in [6, 6.07) is 6.77. The number of nitro groups is 1. The summed E-state index contributed by atoms with van der Waals surface area (Å²) < 4.78 is 12.9. The summed E-state index contributed by atoms with van der Waals surface area (Å²) in [5.74, 6) is -1.30. The molecule has 0 radical (unpaired) electrons. The van der Waals surface area contributed by atoms with E-state index < -0.39 is 16.7 Å². The van der Waals surface area contributed by atoms with Crippen molar-refractivity contribution in [2.24, 2.45) is 0 Å². The molecule has 2 aromatic rings. The van der Waals surface area contributed by atoms with Crippen LogP contribution in [0, 0.1) is 15.9 Å². The second-order valence-electron chi connectivity index (χ2n) is 4.33. The smallest absolute Gasteiger partial charge is 0.287 e. The summed E-state index contributed by atoms with van der Waals surface area (Å²) in [4.78, 5) is 25.8. The van der Waals surface area contributed by atoms with Gasteiger partial charge in [-0.2, -0.15) is 0 Å². The molecule has 1 atom stereocenters. The van der Waals surface area contributed by atoms with Crippen molar-refractivity contribution in [2.45, 2.75) is 12.8 Å². The molecule has 0 saturated carbocycles. The van der Waals surface area contributed by atoms with Gasteiger partial charge in [-0.05, 0) is 30.2 Å². The third-order valence-electron chi connectivity index (χ3n) is 2.90. The van der Waals surface area contributed by atoms with Crippen LogP contribution >= 0.6 is 0 Å². The van der Waals surface area contributed by atoms with Crippen molar-refractivity contribution in [3.8, 4) is 0 Å². The number of benzene rings is 1. The van der Waals surface area contributed by atoms with Crippen molar-refractivity contribution in [2.75, 3.05) is 0 Å². The maximum absolute atomic E-state index is 12.9. The number of Topliss-reactive ketones (excluding diaryl/α,β-unsaturated/α-hetero) is 1. The van der Waals surface area contributed by atoms with E-state index in [0.29, 0.717) is 11.1 Å². The number of ketones is 1. The molecule has 0 spiro atoms. The fourth-order valence-corrected chi connectivity index (χ4v) is 2.02. The van der Waals surface area contributed by atoms with Crippen LogP contribution in [0.15, 0.2) is 42.7 Å². The fourth-order valence-electron chi connectivity index (χ4n) is 2.02. The van der Waals surface area contributed by atoms with Gasteiger partial charge in [-0.25, -0.2) is 4.39 Å². The van der Waals surface area contributed by atoms with Crippen molar-refractivity contribution in [3.05, 3.63) is 69.8 Å². The van der Waals surface area contributed by atoms with Gasteiger partial charge in [0.15, 0.2) is 0 Å². The van der Waals surface area contributed by atoms with E-state index in [-0.39, 0.29) is 11.5 Å². The van der Waals surface area contributed by atoms with Crippen molar-refractivity contribution in [1.82, 2.24) is 4.98 Å². The Kier molecular flexibility index (Phi) is 3.84. The Labute approximate surface area is 114 Å². The van der Waals surface area contributed by atoms with Crippen LogP contribution in [0.1, 0.15) is 24.0 Å². The van der Waals surface area contributed by atoms with Gasteiger partial charge in [-0.1, -0.05) is 12.1 Å². The summed E-state index contributed by atoms with van der Waals surface area (Å²) in [5.41, 5.74) is 0.801. The molecule has 0 N–H and O–H groups in total. The van der Waals surface area contributed by atoms with E-state index in [0.717, 1.165) is 6.20 Å². The lowest BCUT2D eigenvalue weighted by atomic mass is 9.89. The Hall–Kier alpha value is -2.63. The Morgan fingerprint density at radius 3 is 2.45 bits per heavy atom. The van der Waals surface area contributed by atoms with Gasteiger partial charge in [-0.3, -0.25) is 19.9 Å². The van der Waals surface area contributed by atoms with Crippen LogP contribution in [0.4, 0.5) is 10.1 Å². The van der Waals surface area contributed by atoms with Crippen LogP contribution < -0.4 is 0 Å². The maximum atomic E-state index is 12.9. The molecule has 5 nitrogen and oxygen atoms in total. The molecule has 1 aromatic carbocycles. The van der Waals surface area contributed by atoms with Gasteiger partial charge in [-0.15, -0.1) is 0 Å². The fraction of sp³-hybridized carbons (Fsp3) is 0.143. The van der Waals surface area contributed by atoms with Crippen molar-refractivity contribution in [1.29, 1.82) is 0 Å². The lowest BCUT2D eigenvalue weighted by Gasteiger charge is -2.14. The molecule has 0 bridgehead atoms. The predicted molar refractivity (Wildman–Crippen MR) is 69.8 cm³/mol. The number of carbonyl (C=O) groups is 1. The second kappa shape index (κ2) is 5.56. The first-order valence-electron chi connectivity index (χ1n) is 5.84. The highest BCUT2D eigenvalue weighted by Gasteiger charge is 2.21. The summed E-state index contributed by atoms with van der Waals surface area (Å²) in [6.45, 7) is 1.38. The van der Waals surface area contributed by atoms with Gasteiger partial charge < -0.3 is 0 Å². The van der Waals surface area contributed by atoms with Gasteiger partial charge in [0.2, 0.25) is 0 Å². The first-order chi connectivity index (χ1) is 9.49. The van der Waals surface area contributed by atoms with Crippen LogP contribution in [-0.4, -0.2) is 15.7 Å². The minimum absolute atomic E-state index is 0.184. The lowest BCUT2D eigenvalue weighted by Crippen LogP contribution is -2.11. The van der Waals surface area contributed by atoms with Gasteiger partial charge in [0.05, 0.1) is 10.8 Å². The zero-order chi connectivity index (χ0) is 14.7. The number of nitrogens with zero attached hydrogens (tertiary/aromatic N) is 2.